The molecular weight excluding hydrogens is 156 g/mol. The van der Waals surface area contributed by atoms with Gasteiger partial charge in [-0.15, -0.1) is 11.3 Å². The van der Waals surface area contributed by atoms with E-state index in [9.17, 15) is 0 Å². The van der Waals surface area contributed by atoms with Crippen LogP contribution in [0.1, 0.15) is 36.4 Å². The van der Waals surface area contributed by atoms with Gasteiger partial charge in [0, 0.05) is 5.92 Å². The van der Waals surface area contributed by atoms with Crippen molar-refractivity contribution >= 4 is 16.3 Å². The number of nitrogens with two attached hydrogens (primary N) is 1. The Morgan fingerprint density at radius 1 is 1.64 bits per heavy atom. The van der Waals surface area contributed by atoms with Crippen LogP contribution in [0.4, 0.5) is 5.00 Å². The van der Waals surface area contributed by atoms with Crippen LogP contribution >= 0.6 is 11.3 Å². The van der Waals surface area contributed by atoms with Crippen LogP contribution in [0.25, 0.3) is 0 Å². The smallest absolute Gasteiger partial charge is 0.109 e. The minimum atomic E-state index is 0.752. The molecule has 0 radical (unpaired) electrons. The van der Waals surface area contributed by atoms with E-state index >= 15 is 0 Å². The minimum absolute atomic E-state index is 0.752. The van der Waals surface area contributed by atoms with Gasteiger partial charge in [-0.05, 0) is 19.3 Å². The lowest BCUT2D eigenvalue weighted by Gasteiger charge is -1.86. The summed E-state index contributed by atoms with van der Waals surface area (Å²) in [6, 6.07) is 0. The summed E-state index contributed by atoms with van der Waals surface area (Å²) in [4.78, 5) is 4.48. The molecule has 0 spiro atoms. The van der Waals surface area contributed by atoms with E-state index in [1.807, 2.05) is 0 Å². The van der Waals surface area contributed by atoms with Crippen molar-refractivity contribution in [1.82, 2.24) is 4.98 Å². The third kappa shape index (κ3) is 1.25. The lowest BCUT2D eigenvalue weighted by Crippen LogP contribution is -1.87. The fourth-order valence-corrected chi connectivity index (χ4v) is 2.23. The molecule has 0 bridgehead atoms. The van der Waals surface area contributed by atoms with Crippen molar-refractivity contribution in [2.45, 2.75) is 32.1 Å². The highest BCUT2D eigenvalue weighted by Crippen LogP contribution is 2.43. The summed E-state index contributed by atoms with van der Waals surface area (Å²) in [5.74, 6) is 0.752. The van der Waals surface area contributed by atoms with Crippen LogP contribution < -0.4 is 5.73 Å². The second-order valence-electron chi connectivity index (χ2n) is 2.99. The van der Waals surface area contributed by atoms with Crippen molar-refractivity contribution in [3.8, 4) is 0 Å². The van der Waals surface area contributed by atoms with Gasteiger partial charge >= 0.3 is 0 Å². The number of anilines is 1. The van der Waals surface area contributed by atoms with Crippen LogP contribution in [0.3, 0.4) is 0 Å². The molecule has 2 N–H and O–H groups in total. The Labute approximate surface area is 70.5 Å². The fraction of sp³-hybridized carbons (Fsp3) is 0.625. The van der Waals surface area contributed by atoms with Gasteiger partial charge in [-0.25, -0.2) is 4.98 Å². The van der Waals surface area contributed by atoms with E-state index in [-0.39, 0.29) is 0 Å². The Morgan fingerprint density at radius 3 is 2.82 bits per heavy atom. The van der Waals surface area contributed by atoms with Crippen LogP contribution in [0.2, 0.25) is 0 Å². The van der Waals surface area contributed by atoms with Gasteiger partial charge in [0.05, 0.1) is 10.7 Å². The van der Waals surface area contributed by atoms with E-state index in [0.717, 1.165) is 23.0 Å². The maximum absolute atomic E-state index is 5.77. The lowest BCUT2D eigenvalue weighted by molar-refractivity contribution is 0.999. The number of aryl methyl sites for hydroxylation is 1. The predicted octanol–water partition coefficient (Wildman–Crippen LogP) is 2.17. The molecule has 1 saturated carbocycles. The minimum Gasteiger partial charge on any atom is -0.389 e. The summed E-state index contributed by atoms with van der Waals surface area (Å²) in [6.45, 7) is 2.10. The van der Waals surface area contributed by atoms with Gasteiger partial charge in [0.2, 0.25) is 0 Å². The second-order valence-corrected chi connectivity index (χ2v) is 4.05. The molecule has 1 aliphatic rings. The van der Waals surface area contributed by atoms with Gasteiger partial charge < -0.3 is 5.73 Å². The summed E-state index contributed by atoms with van der Waals surface area (Å²) in [5, 5.41) is 2.19. The molecule has 11 heavy (non-hydrogen) atoms. The number of thiazole rings is 1. The lowest BCUT2D eigenvalue weighted by atomic mass is 10.3. The maximum atomic E-state index is 5.77. The molecule has 0 atom stereocenters. The third-order valence-electron chi connectivity index (χ3n) is 2.01. The van der Waals surface area contributed by atoms with Gasteiger partial charge in [0.1, 0.15) is 5.00 Å². The Morgan fingerprint density at radius 2 is 2.36 bits per heavy atom. The van der Waals surface area contributed by atoms with Crippen LogP contribution in [-0.4, -0.2) is 4.98 Å². The van der Waals surface area contributed by atoms with Crippen molar-refractivity contribution in [1.29, 1.82) is 0 Å². The molecule has 0 saturated heterocycles. The number of nitrogens with zero attached hydrogens (tertiary/aromatic N) is 1. The van der Waals surface area contributed by atoms with Crippen LogP contribution in [-0.2, 0) is 6.42 Å². The molecular formula is C8H12N2S. The fourth-order valence-electron chi connectivity index (χ4n) is 1.14. The molecule has 3 heteroatoms. The Bertz CT molecular complexity index is 263. The van der Waals surface area contributed by atoms with E-state index in [1.54, 1.807) is 11.3 Å². The monoisotopic (exact) mass is 168 g/mol. The molecule has 1 aromatic rings. The molecule has 1 aromatic heterocycles. The Kier molecular flexibility index (Phi) is 1.60. The standard InChI is InChI=1S/C8H12N2S/c1-2-6-7(9)11-8(10-6)5-3-4-5/h5H,2-4,9H2,1H3. The molecule has 0 amide bonds. The molecule has 1 aliphatic carbocycles. The van der Waals surface area contributed by atoms with Gasteiger partial charge in [-0.2, -0.15) is 0 Å². The number of nitrogen functional groups attached to an aromatic ring is 1. The molecule has 0 aromatic carbocycles. The van der Waals surface area contributed by atoms with Crippen molar-refractivity contribution in [2.24, 2.45) is 0 Å². The predicted molar refractivity (Wildman–Crippen MR) is 47.9 cm³/mol. The molecule has 0 unspecified atom stereocenters. The highest BCUT2D eigenvalue weighted by molar-refractivity contribution is 7.15. The number of rotatable bonds is 2. The van der Waals surface area contributed by atoms with Crippen LogP contribution in [0, 0.1) is 0 Å². The second kappa shape index (κ2) is 2.48. The Balaban J connectivity index is 2.28. The average molecular weight is 168 g/mol. The SMILES string of the molecule is CCc1nc(C2CC2)sc1N. The molecule has 2 rings (SSSR count). The molecule has 1 heterocycles. The van der Waals surface area contributed by atoms with Crippen molar-refractivity contribution in [3.63, 3.8) is 0 Å². The summed E-state index contributed by atoms with van der Waals surface area (Å²) in [5.41, 5.74) is 6.87. The van der Waals surface area contributed by atoms with Gasteiger partial charge in [0.15, 0.2) is 0 Å². The first kappa shape index (κ1) is 7.10. The Hall–Kier alpha value is -0.570. The van der Waals surface area contributed by atoms with Crippen molar-refractivity contribution in [2.75, 3.05) is 5.73 Å². The topological polar surface area (TPSA) is 38.9 Å². The molecule has 60 valence electrons. The summed E-state index contributed by atoms with van der Waals surface area (Å²) in [6.07, 6.45) is 3.60. The van der Waals surface area contributed by atoms with Gasteiger partial charge in [-0.1, -0.05) is 6.92 Å². The zero-order valence-corrected chi connectivity index (χ0v) is 7.45. The molecule has 2 nitrogen and oxygen atoms in total. The van der Waals surface area contributed by atoms with Gasteiger partial charge in [-0.3, -0.25) is 0 Å². The summed E-state index contributed by atoms with van der Waals surface area (Å²) >= 11 is 1.68. The third-order valence-corrected chi connectivity index (χ3v) is 3.09. The molecule has 0 aliphatic heterocycles. The first-order valence-corrected chi connectivity index (χ1v) is 4.88. The van der Waals surface area contributed by atoms with Crippen molar-refractivity contribution < 1.29 is 0 Å². The van der Waals surface area contributed by atoms with E-state index < -0.39 is 0 Å². The number of hydrogen-bond donors (Lipinski definition) is 1. The summed E-state index contributed by atoms with van der Waals surface area (Å²) in [7, 11) is 0. The van der Waals surface area contributed by atoms with E-state index in [2.05, 4.69) is 11.9 Å². The number of hydrogen-bond acceptors (Lipinski definition) is 3. The zero-order chi connectivity index (χ0) is 7.84. The zero-order valence-electron chi connectivity index (χ0n) is 6.63. The van der Waals surface area contributed by atoms with Gasteiger partial charge in [0.25, 0.3) is 0 Å². The van der Waals surface area contributed by atoms with E-state index in [1.165, 1.54) is 17.8 Å². The number of aromatic nitrogens is 1. The highest BCUT2D eigenvalue weighted by atomic mass is 32.1. The quantitative estimate of drug-likeness (QED) is 0.735. The van der Waals surface area contributed by atoms with Crippen LogP contribution in [0.15, 0.2) is 0 Å². The first-order chi connectivity index (χ1) is 5.31. The van der Waals surface area contributed by atoms with Crippen LogP contribution in [0.5, 0.6) is 0 Å². The maximum Gasteiger partial charge on any atom is 0.109 e. The molecule has 1 fully saturated rings. The van der Waals surface area contributed by atoms with E-state index in [0.29, 0.717) is 0 Å². The van der Waals surface area contributed by atoms with E-state index in [4.69, 9.17) is 5.73 Å². The highest BCUT2D eigenvalue weighted by Gasteiger charge is 2.27. The van der Waals surface area contributed by atoms with Crippen molar-refractivity contribution in [3.05, 3.63) is 10.7 Å². The first-order valence-electron chi connectivity index (χ1n) is 4.06. The largest absolute Gasteiger partial charge is 0.389 e. The average Bonchev–Trinajstić information content (AvgIpc) is 2.76. The summed E-state index contributed by atoms with van der Waals surface area (Å²) < 4.78 is 0. The normalized spacial score (nSPS) is 17.2.